The SMILES string of the molecule is CCCC[C@@H](NC(=O)[C@@H](Cc1c[nH]c2ccccc12)NC(=O)OC(C)(C)C)C(=O)OCc1ccccc1. The second kappa shape index (κ2) is 12.9. The second-order valence-corrected chi connectivity index (χ2v) is 10.1. The van der Waals surface area contributed by atoms with E-state index >= 15 is 0 Å². The Kier molecular flexibility index (Phi) is 9.71. The number of carbonyl (C=O) groups excluding carboxylic acids is 3. The van der Waals surface area contributed by atoms with Gasteiger partial charge in [0.15, 0.2) is 0 Å². The quantitative estimate of drug-likeness (QED) is 0.316. The third-order valence-corrected chi connectivity index (χ3v) is 5.78. The largest absolute Gasteiger partial charge is 0.459 e. The van der Waals surface area contributed by atoms with E-state index in [1.807, 2.05) is 67.7 Å². The number of nitrogens with one attached hydrogen (secondary N) is 3. The van der Waals surface area contributed by atoms with Crippen molar-refractivity contribution in [2.24, 2.45) is 0 Å². The van der Waals surface area contributed by atoms with Crippen molar-refractivity contribution in [2.45, 2.75) is 77.7 Å². The highest BCUT2D eigenvalue weighted by atomic mass is 16.6. The van der Waals surface area contributed by atoms with Crippen molar-refractivity contribution in [2.75, 3.05) is 0 Å². The minimum absolute atomic E-state index is 0.118. The molecule has 3 aromatic rings. The minimum Gasteiger partial charge on any atom is -0.459 e. The summed E-state index contributed by atoms with van der Waals surface area (Å²) in [4.78, 5) is 42.2. The van der Waals surface area contributed by atoms with Gasteiger partial charge < -0.3 is 25.1 Å². The van der Waals surface area contributed by atoms with E-state index < -0.39 is 35.7 Å². The van der Waals surface area contributed by atoms with E-state index in [1.54, 1.807) is 20.8 Å². The molecule has 0 aliphatic heterocycles. The van der Waals surface area contributed by atoms with Crippen LogP contribution in [0.4, 0.5) is 4.79 Å². The Balaban J connectivity index is 1.76. The maximum atomic E-state index is 13.5. The summed E-state index contributed by atoms with van der Waals surface area (Å²) in [6.07, 6.45) is 3.36. The van der Waals surface area contributed by atoms with Crippen LogP contribution in [-0.2, 0) is 32.1 Å². The number of ether oxygens (including phenoxy) is 2. The number of hydrogen-bond acceptors (Lipinski definition) is 5. The van der Waals surface area contributed by atoms with Crippen LogP contribution in [0.1, 0.15) is 58.1 Å². The van der Waals surface area contributed by atoms with Gasteiger partial charge >= 0.3 is 12.1 Å². The van der Waals surface area contributed by atoms with Gasteiger partial charge in [-0.15, -0.1) is 0 Å². The van der Waals surface area contributed by atoms with Crippen molar-refractivity contribution in [1.82, 2.24) is 15.6 Å². The smallest absolute Gasteiger partial charge is 0.408 e. The molecular weight excluding hydrogens is 470 g/mol. The fourth-order valence-electron chi connectivity index (χ4n) is 3.94. The van der Waals surface area contributed by atoms with Gasteiger partial charge in [0.2, 0.25) is 5.91 Å². The maximum absolute atomic E-state index is 13.5. The normalized spacial score (nSPS) is 13.0. The predicted octanol–water partition coefficient (Wildman–Crippen LogP) is 5.02. The van der Waals surface area contributed by atoms with Crippen LogP contribution in [-0.4, -0.2) is 40.6 Å². The first kappa shape index (κ1) is 27.8. The topological polar surface area (TPSA) is 110 Å². The van der Waals surface area contributed by atoms with E-state index in [4.69, 9.17) is 9.47 Å². The lowest BCUT2D eigenvalue weighted by atomic mass is 10.0. The van der Waals surface area contributed by atoms with E-state index in [0.717, 1.165) is 34.9 Å². The zero-order valence-electron chi connectivity index (χ0n) is 22.0. The first-order chi connectivity index (χ1) is 17.7. The van der Waals surface area contributed by atoms with Crippen LogP contribution >= 0.6 is 0 Å². The second-order valence-electron chi connectivity index (χ2n) is 10.1. The molecule has 0 saturated carbocycles. The number of esters is 1. The number of hydrogen-bond donors (Lipinski definition) is 3. The van der Waals surface area contributed by atoms with Crippen LogP contribution in [0, 0.1) is 0 Å². The van der Waals surface area contributed by atoms with Gasteiger partial charge in [0.1, 0.15) is 24.3 Å². The lowest BCUT2D eigenvalue weighted by Gasteiger charge is -2.25. The number of para-hydroxylation sites is 1. The molecule has 2 atom stereocenters. The molecule has 0 fully saturated rings. The zero-order valence-corrected chi connectivity index (χ0v) is 22.0. The molecule has 0 bridgehead atoms. The molecule has 1 aromatic heterocycles. The van der Waals surface area contributed by atoms with Crippen molar-refractivity contribution < 1.29 is 23.9 Å². The van der Waals surface area contributed by atoms with Gasteiger partial charge in [-0.3, -0.25) is 4.79 Å². The van der Waals surface area contributed by atoms with E-state index in [1.165, 1.54) is 0 Å². The Morgan fingerprint density at radius 1 is 0.946 bits per heavy atom. The molecule has 0 saturated heterocycles. The fourth-order valence-corrected chi connectivity index (χ4v) is 3.94. The number of benzene rings is 2. The summed E-state index contributed by atoms with van der Waals surface area (Å²) in [5, 5.41) is 6.47. The van der Waals surface area contributed by atoms with Crippen molar-refractivity contribution >= 4 is 28.9 Å². The van der Waals surface area contributed by atoms with E-state index in [-0.39, 0.29) is 13.0 Å². The van der Waals surface area contributed by atoms with Crippen LogP contribution in [0.3, 0.4) is 0 Å². The first-order valence-electron chi connectivity index (χ1n) is 12.7. The summed E-state index contributed by atoms with van der Waals surface area (Å²) in [5.41, 5.74) is 1.93. The lowest BCUT2D eigenvalue weighted by Crippen LogP contribution is -2.53. The first-order valence-corrected chi connectivity index (χ1v) is 12.7. The molecule has 8 nitrogen and oxygen atoms in total. The lowest BCUT2D eigenvalue weighted by molar-refractivity contribution is -0.149. The van der Waals surface area contributed by atoms with Crippen molar-refractivity contribution in [3.63, 3.8) is 0 Å². The average molecular weight is 508 g/mol. The molecular formula is C29H37N3O5. The third kappa shape index (κ3) is 8.66. The predicted molar refractivity (Wildman–Crippen MR) is 143 cm³/mol. The summed E-state index contributed by atoms with van der Waals surface area (Å²) >= 11 is 0. The number of alkyl carbamates (subject to hydrolysis) is 1. The number of aromatic amines is 1. The van der Waals surface area contributed by atoms with Crippen LogP contribution in [0.5, 0.6) is 0 Å². The number of H-pyrrole nitrogens is 1. The molecule has 1 heterocycles. The Hall–Kier alpha value is -3.81. The molecule has 3 rings (SSSR count). The molecule has 0 unspecified atom stereocenters. The highest BCUT2D eigenvalue weighted by molar-refractivity contribution is 5.91. The fraction of sp³-hybridized carbons (Fsp3) is 0.414. The summed E-state index contributed by atoms with van der Waals surface area (Å²) < 4.78 is 10.9. The monoisotopic (exact) mass is 507 g/mol. The van der Waals surface area contributed by atoms with Gasteiger partial charge in [0, 0.05) is 23.5 Å². The van der Waals surface area contributed by atoms with Crippen LogP contribution in [0.15, 0.2) is 60.8 Å². The Labute approximate surface area is 218 Å². The summed E-state index contributed by atoms with van der Waals surface area (Å²) in [6, 6.07) is 15.3. The van der Waals surface area contributed by atoms with Crippen molar-refractivity contribution in [3.05, 3.63) is 71.9 Å². The molecule has 3 N–H and O–H groups in total. The number of unbranched alkanes of at least 4 members (excludes halogenated alkanes) is 1. The maximum Gasteiger partial charge on any atom is 0.408 e. The number of carbonyl (C=O) groups is 3. The molecule has 198 valence electrons. The molecule has 2 amide bonds. The van der Waals surface area contributed by atoms with E-state index in [0.29, 0.717) is 6.42 Å². The van der Waals surface area contributed by atoms with Gasteiger partial charge in [-0.1, -0.05) is 68.3 Å². The third-order valence-electron chi connectivity index (χ3n) is 5.78. The molecule has 0 radical (unpaired) electrons. The van der Waals surface area contributed by atoms with Crippen LogP contribution in [0.25, 0.3) is 10.9 Å². The van der Waals surface area contributed by atoms with Gasteiger partial charge in [0.05, 0.1) is 0 Å². The Morgan fingerprint density at radius 2 is 1.65 bits per heavy atom. The summed E-state index contributed by atoms with van der Waals surface area (Å²) in [5.74, 6) is -0.984. The Bertz CT molecular complexity index is 1180. The van der Waals surface area contributed by atoms with Crippen molar-refractivity contribution in [1.29, 1.82) is 0 Å². The van der Waals surface area contributed by atoms with Crippen LogP contribution in [0.2, 0.25) is 0 Å². The van der Waals surface area contributed by atoms with Gasteiger partial charge in [-0.2, -0.15) is 0 Å². The van der Waals surface area contributed by atoms with Gasteiger partial charge in [-0.05, 0) is 44.4 Å². The van der Waals surface area contributed by atoms with Gasteiger partial charge in [-0.25, -0.2) is 9.59 Å². The van der Waals surface area contributed by atoms with E-state index in [2.05, 4.69) is 15.6 Å². The van der Waals surface area contributed by atoms with Crippen molar-refractivity contribution in [3.8, 4) is 0 Å². The summed E-state index contributed by atoms with van der Waals surface area (Å²) in [7, 11) is 0. The molecule has 0 aliphatic carbocycles. The Morgan fingerprint density at radius 3 is 2.35 bits per heavy atom. The summed E-state index contributed by atoms with van der Waals surface area (Å²) in [6.45, 7) is 7.39. The molecule has 37 heavy (non-hydrogen) atoms. The standard InChI is InChI=1S/C29H37N3O5/c1-5-6-15-24(27(34)36-19-20-12-8-7-9-13-20)31-26(33)25(32-28(35)37-29(2,3)4)17-21-18-30-23-16-11-10-14-22(21)23/h7-14,16,18,24-25,30H,5-6,15,17,19H2,1-4H3,(H,31,33)(H,32,35)/t24-,25-/m1/s1. The molecule has 2 aromatic carbocycles. The highest BCUT2D eigenvalue weighted by Crippen LogP contribution is 2.20. The minimum atomic E-state index is -0.958. The number of rotatable bonds is 11. The average Bonchev–Trinajstić information content (AvgIpc) is 3.27. The van der Waals surface area contributed by atoms with E-state index in [9.17, 15) is 14.4 Å². The molecule has 8 heteroatoms. The highest BCUT2D eigenvalue weighted by Gasteiger charge is 2.29. The number of amides is 2. The zero-order chi connectivity index (χ0) is 26.8. The molecule has 0 aliphatic rings. The number of aromatic nitrogens is 1. The van der Waals surface area contributed by atoms with Gasteiger partial charge in [0.25, 0.3) is 0 Å². The van der Waals surface area contributed by atoms with Crippen LogP contribution < -0.4 is 10.6 Å². The molecule has 0 spiro atoms. The number of fused-ring (bicyclic) bond motifs is 1.